The average Bonchev–Trinajstić information content (AvgIpc) is 2.27. The number of hydrogen-bond acceptors (Lipinski definition) is 4. The number of nitrogens with one attached hydrogen (secondary N) is 1. The summed E-state index contributed by atoms with van der Waals surface area (Å²) in [6, 6.07) is 0. The van der Waals surface area contributed by atoms with Gasteiger partial charge in [-0.15, -0.1) is 0 Å². The Morgan fingerprint density at radius 3 is 3.00 bits per heavy atom. The molecule has 0 amide bonds. The molecule has 0 aliphatic carbocycles. The van der Waals surface area contributed by atoms with Gasteiger partial charge >= 0.3 is 5.97 Å². The SMILES string of the molecule is CCOCC(C)OC(=O)[C@H]1CCCNC1. The van der Waals surface area contributed by atoms with E-state index in [9.17, 15) is 4.79 Å². The molecule has 1 unspecified atom stereocenters. The monoisotopic (exact) mass is 215 g/mol. The molecule has 4 nitrogen and oxygen atoms in total. The van der Waals surface area contributed by atoms with Gasteiger partial charge in [0.1, 0.15) is 6.10 Å². The third-order valence-electron chi connectivity index (χ3n) is 2.50. The topological polar surface area (TPSA) is 47.6 Å². The van der Waals surface area contributed by atoms with Crippen molar-refractivity contribution in [3.63, 3.8) is 0 Å². The van der Waals surface area contributed by atoms with Crippen molar-refractivity contribution in [2.45, 2.75) is 32.8 Å². The first kappa shape index (κ1) is 12.5. The summed E-state index contributed by atoms with van der Waals surface area (Å²) in [5, 5.41) is 3.20. The fraction of sp³-hybridized carbons (Fsp3) is 0.909. The molecule has 15 heavy (non-hydrogen) atoms. The zero-order valence-electron chi connectivity index (χ0n) is 9.62. The zero-order chi connectivity index (χ0) is 11.1. The van der Waals surface area contributed by atoms with Crippen LogP contribution in [-0.2, 0) is 14.3 Å². The molecule has 1 fully saturated rings. The van der Waals surface area contributed by atoms with Gasteiger partial charge in [-0.3, -0.25) is 4.79 Å². The smallest absolute Gasteiger partial charge is 0.310 e. The molecule has 0 saturated carbocycles. The van der Waals surface area contributed by atoms with Gasteiger partial charge in [0, 0.05) is 13.2 Å². The summed E-state index contributed by atoms with van der Waals surface area (Å²) in [5.41, 5.74) is 0. The van der Waals surface area contributed by atoms with Crippen LogP contribution < -0.4 is 5.32 Å². The number of hydrogen-bond donors (Lipinski definition) is 1. The number of rotatable bonds is 5. The van der Waals surface area contributed by atoms with E-state index in [0.29, 0.717) is 13.2 Å². The lowest BCUT2D eigenvalue weighted by Crippen LogP contribution is -2.37. The third kappa shape index (κ3) is 4.62. The lowest BCUT2D eigenvalue weighted by molar-refractivity contribution is -0.156. The van der Waals surface area contributed by atoms with Crippen LogP contribution in [0.5, 0.6) is 0 Å². The molecule has 1 heterocycles. The second-order valence-corrected chi connectivity index (χ2v) is 3.95. The minimum absolute atomic E-state index is 0.0304. The fourth-order valence-corrected chi connectivity index (χ4v) is 1.67. The average molecular weight is 215 g/mol. The van der Waals surface area contributed by atoms with Gasteiger partial charge in [-0.05, 0) is 33.2 Å². The molecule has 0 spiro atoms. The molecule has 1 aliphatic heterocycles. The van der Waals surface area contributed by atoms with Crippen LogP contribution in [0.1, 0.15) is 26.7 Å². The molecule has 4 heteroatoms. The van der Waals surface area contributed by atoms with E-state index in [4.69, 9.17) is 9.47 Å². The second kappa shape index (κ2) is 6.80. The number of carbonyl (C=O) groups excluding carboxylic acids is 1. The molecule has 0 aromatic carbocycles. The quantitative estimate of drug-likeness (QED) is 0.694. The Morgan fingerprint density at radius 2 is 2.40 bits per heavy atom. The molecule has 0 bridgehead atoms. The highest BCUT2D eigenvalue weighted by molar-refractivity contribution is 5.73. The summed E-state index contributed by atoms with van der Waals surface area (Å²) in [7, 11) is 0. The molecule has 1 aliphatic rings. The first-order valence-corrected chi connectivity index (χ1v) is 5.73. The standard InChI is InChI=1S/C11H21NO3/c1-3-14-8-9(2)15-11(13)10-5-4-6-12-7-10/h9-10,12H,3-8H2,1-2H3/t9?,10-/m0/s1. The van der Waals surface area contributed by atoms with E-state index in [0.717, 1.165) is 25.9 Å². The lowest BCUT2D eigenvalue weighted by atomic mass is 10.00. The highest BCUT2D eigenvalue weighted by Crippen LogP contribution is 2.12. The summed E-state index contributed by atoms with van der Waals surface area (Å²) in [4.78, 5) is 11.7. The van der Waals surface area contributed by atoms with E-state index in [1.807, 2.05) is 13.8 Å². The fourth-order valence-electron chi connectivity index (χ4n) is 1.67. The summed E-state index contributed by atoms with van der Waals surface area (Å²) < 4.78 is 10.5. The Kier molecular flexibility index (Phi) is 5.65. The van der Waals surface area contributed by atoms with Gasteiger partial charge in [-0.1, -0.05) is 0 Å². The maximum atomic E-state index is 11.7. The Morgan fingerprint density at radius 1 is 1.60 bits per heavy atom. The molecule has 2 atom stereocenters. The van der Waals surface area contributed by atoms with Gasteiger partial charge in [-0.2, -0.15) is 0 Å². The minimum Gasteiger partial charge on any atom is -0.460 e. The van der Waals surface area contributed by atoms with Crippen LogP contribution in [0, 0.1) is 5.92 Å². The Labute approximate surface area is 91.3 Å². The van der Waals surface area contributed by atoms with E-state index in [2.05, 4.69) is 5.32 Å². The van der Waals surface area contributed by atoms with E-state index in [1.54, 1.807) is 0 Å². The summed E-state index contributed by atoms with van der Waals surface area (Å²) in [5.74, 6) is -0.0581. The molecule has 1 rings (SSSR count). The Balaban J connectivity index is 2.21. The first-order valence-electron chi connectivity index (χ1n) is 5.73. The maximum absolute atomic E-state index is 11.7. The molecule has 1 saturated heterocycles. The molecule has 1 N–H and O–H groups in total. The highest BCUT2D eigenvalue weighted by atomic mass is 16.6. The van der Waals surface area contributed by atoms with Gasteiger partial charge in [0.2, 0.25) is 0 Å². The van der Waals surface area contributed by atoms with Gasteiger partial charge in [0.05, 0.1) is 12.5 Å². The van der Waals surface area contributed by atoms with Crippen molar-refractivity contribution in [1.29, 1.82) is 0 Å². The highest BCUT2D eigenvalue weighted by Gasteiger charge is 2.23. The second-order valence-electron chi connectivity index (χ2n) is 3.95. The predicted octanol–water partition coefficient (Wildman–Crippen LogP) is 0.954. The first-order chi connectivity index (χ1) is 7.24. The molecule has 0 aromatic heterocycles. The van der Waals surface area contributed by atoms with E-state index in [1.165, 1.54) is 0 Å². The van der Waals surface area contributed by atoms with Crippen LogP contribution in [-0.4, -0.2) is 38.4 Å². The third-order valence-corrected chi connectivity index (χ3v) is 2.50. The van der Waals surface area contributed by atoms with E-state index < -0.39 is 0 Å². The van der Waals surface area contributed by atoms with Gasteiger partial charge < -0.3 is 14.8 Å². The normalized spacial score (nSPS) is 23.5. The largest absolute Gasteiger partial charge is 0.460 e. The maximum Gasteiger partial charge on any atom is 0.310 e. The number of esters is 1. The number of carbonyl (C=O) groups is 1. The Hall–Kier alpha value is -0.610. The predicted molar refractivity (Wildman–Crippen MR) is 57.6 cm³/mol. The van der Waals surface area contributed by atoms with Crippen LogP contribution in [0.4, 0.5) is 0 Å². The summed E-state index contributed by atoms with van der Waals surface area (Å²) in [6.07, 6.45) is 1.85. The van der Waals surface area contributed by atoms with Crippen molar-refractivity contribution >= 4 is 5.97 Å². The van der Waals surface area contributed by atoms with Gasteiger partial charge in [0.15, 0.2) is 0 Å². The van der Waals surface area contributed by atoms with Crippen molar-refractivity contribution in [3.05, 3.63) is 0 Å². The van der Waals surface area contributed by atoms with Crippen LogP contribution in [0.2, 0.25) is 0 Å². The molecule has 0 radical (unpaired) electrons. The molecular formula is C11H21NO3. The zero-order valence-corrected chi connectivity index (χ0v) is 9.62. The summed E-state index contributed by atoms with van der Waals surface area (Å²) >= 11 is 0. The van der Waals surface area contributed by atoms with Gasteiger partial charge in [-0.25, -0.2) is 0 Å². The summed E-state index contributed by atoms with van der Waals surface area (Å²) in [6.45, 7) is 6.71. The number of ether oxygens (including phenoxy) is 2. The van der Waals surface area contributed by atoms with Crippen LogP contribution >= 0.6 is 0 Å². The lowest BCUT2D eigenvalue weighted by Gasteiger charge is -2.23. The Bertz CT molecular complexity index is 190. The minimum atomic E-state index is -0.139. The van der Waals surface area contributed by atoms with Crippen molar-refractivity contribution < 1.29 is 14.3 Å². The van der Waals surface area contributed by atoms with Crippen LogP contribution in [0.15, 0.2) is 0 Å². The van der Waals surface area contributed by atoms with Crippen LogP contribution in [0.25, 0.3) is 0 Å². The van der Waals surface area contributed by atoms with E-state index in [-0.39, 0.29) is 18.0 Å². The van der Waals surface area contributed by atoms with Crippen molar-refractivity contribution in [2.24, 2.45) is 5.92 Å². The van der Waals surface area contributed by atoms with Crippen LogP contribution in [0.3, 0.4) is 0 Å². The van der Waals surface area contributed by atoms with Crippen molar-refractivity contribution in [1.82, 2.24) is 5.32 Å². The molecular weight excluding hydrogens is 194 g/mol. The van der Waals surface area contributed by atoms with E-state index >= 15 is 0 Å². The van der Waals surface area contributed by atoms with Crippen molar-refractivity contribution in [3.8, 4) is 0 Å². The van der Waals surface area contributed by atoms with Gasteiger partial charge in [0.25, 0.3) is 0 Å². The number of piperidine rings is 1. The molecule has 0 aromatic rings. The van der Waals surface area contributed by atoms with Crippen molar-refractivity contribution in [2.75, 3.05) is 26.3 Å². The molecule has 88 valence electrons.